The number of hydrogen-bond acceptors (Lipinski definition) is 5. The number of anilines is 1. The van der Waals surface area contributed by atoms with Crippen molar-refractivity contribution in [2.45, 2.75) is 37.5 Å². The molecule has 1 nitrogen and oxygen atoms in total. The third kappa shape index (κ3) is 6.88. The second kappa shape index (κ2) is 14.9. The SMILES string of the molecule is CCC(=C/c1sc2cc3ccccc3cc2c1CCCSC)/C=C1/Sc2cc3ccccc3cc2N1CCCSC.I. The molecule has 1 aliphatic rings. The molecule has 0 atom stereocenters. The third-order valence-electron chi connectivity index (χ3n) is 7.83. The summed E-state index contributed by atoms with van der Waals surface area (Å²) in [6.45, 7) is 3.36. The van der Waals surface area contributed by atoms with Crippen LogP contribution in [0.15, 0.2) is 94.4 Å². The van der Waals surface area contributed by atoms with Gasteiger partial charge in [-0.05, 0) is 124 Å². The molecular formula is C36H38INS4. The van der Waals surface area contributed by atoms with Gasteiger partial charge >= 0.3 is 0 Å². The van der Waals surface area contributed by atoms with E-state index >= 15 is 0 Å². The second-order valence-corrected chi connectivity index (χ2v) is 14.7. The van der Waals surface area contributed by atoms with Gasteiger partial charge in [-0.15, -0.1) is 35.3 Å². The molecule has 0 spiro atoms. The molecule has 1 aliphatic heterocycles. The van der Waals surface area contributed by atoms with Crippen LogP contribution in [0.3, 0.4) is 0 Å². The molecule has 0 saturated heterocycles. The van der Waals surface area contributed by atoms with Gasteiger partial charge in [-0.3, -0.25) is 0 Å². The molecule has 0 aliphatic carbocycles. The first kappa shape index (κ1) is 31.8. The normalized spacial score (nSPS) is 14.3. The Kier molecular flexibility index (Phi) is 11.3. The molecule has 0 saturated carbocycles. The van der Waals surface area contributed by atoms with E-state index in [2.05, 4.69) is 109 Å². The fourth-order valence-electron chi connectivity index (χ4n) is 5.68. The van der Waals surface area contributed by atoms with Gasteiger partial charge in [-0.25, -0.2) is 0 Å². The number of thiophene rings is 1. The van der Waals surface area contributed by atoms with Crippen LogP contribution in [0, 0.1) is 0 Å². The number of aryl methyl sites for hydroxylation is 1. The number of nitrogens with zero attached hydrogens (tertiary/aromatic N) is 1. The highest BCUT2D eigenvalue weighted by Gasteiger charge is 2.25. The van der Waals surface area contributed by atoms with E-state index in [1.54, 1.807) is 0 Å². The van der Waals surface area contributed by atoms with Crippen LogP contribution >= 0.6 is 70.6 Å². The van der Waals surface area contributed by atoms with Crippen LogP contribution in [0.5, 0.6) is 0 Å². The number of allylic oxidation sites excluding steroid dienone is 2. The highest BCUT2D eigenvalue weighted by atomic mass is 127. The zero-order valence-electron chi connectivity index (χ0n) is 24.5. The first-order valence-corrected chi connectivity index (χ1v) is 18.9. The fourth-order valence-corrected chi connectivity index (χ4v) is 8.99. The van der Waals surface area contributed by atoms with Gasteiger partial charge in [-0.2, -0.15) is 23.5 Å². The molecule has 0 radical (unpaired) electrons. The number of hydrogen-bond donors (Lipinski definition) is 0. The van der Waals surface area contributed by atoms with E-state index in [-0.39, 0.29) is 24.0 Å². The molecule has 42 heavy (non-hydrogen) atoms. The van der Waals surface area contributed by atoms with Crippen molar-refractivity contribution in [3.63, 3.8) is 0 Å². The minimum Gasteiger partial charge on any atom is -0.335 e. The quantitative estimate of drug-likeness (QED) is 0.0980. The summed E-state index contributed by atoms with van der Waals surface area (Å²) < 4.78 is 1.41. The van der Waals surface area contributed by atoms with Crippen molar-refractivity contribution in [2.24, 2.45) is 0 Å². The number of fused-ring (bicyclic) bond motifs is 4. The van der Waals surface area contributed by atoms with Crippen molar-refractivity contribution in [2.75, 3.05) is 35.5 Å². The molecule has 2 heterocycles. The van der Waals surface area contributed by atoms with Crippen LogP contribution < -0.4 is 4.90 Å². The molecule has 6 rings (SSSR count). The highest BCUT2D eigenvalue weighted by molar-refractivity contribution is 14.0. The van der Waals surface area contributed by atoms with Gasteiger partial charge in [0.15, 0.2) is 0 Å². The number of rotatable bonds is 11. The van der Waals surface area contributed by atoms with Crippen molar-refractivity contribution in [1.29, 1.82) is 0 Å². The smallest absolute Gasteiger partial charge is 0.0804 e. The number of benzene rings is 4. The molecule has 6 heteroatoms. The van der Waals surface area contributed by atoms with Crippen LogP contribution in [-0.4, -0.2) is 30.6 Å². The van der Waals surface area contributed by atoms with Crippen LogP contribution in [0.2, 0.25) is 0 Å². The minimum atomic E-state index is 0. The predicted octanol–water partition coefficient (Wildman–Crippen LogP) is 12.1. The van der Waals surface area contributed by atoms with Crippen LogP contribution in [0.25, 0.3) is 37.7 Å². The lowest BCUT2D eigenvalue weighted by Crippen LogP contribution is -2.19. The lowest BCUT2D eigenvalue weighted by atomic mass is 10.0. The van der Waals surface area contributed by atoms with Crippen molar-refractivity contribution in [3.8, 4) is 0 Å². The third-order valence-corrected chi connectivity index (χ3v) is 11.5. The van der Waals surface area contributed by atoms with Crippen LogP contribution in [0.1, 0.15) is 36.6 Å². The predicted molar refractivity (Wildman–Crippen MR) is 208 cm³/mol. The molecule has 0 amide bonds. The second-order valence-electron chi connectivity index (χ2n) is 10.6. The molecular weight excluding hydrogens is 702 g/mol. The lowest BCUT2D eigenvalue weighted by Gasteiger charge is -2.21. The van der Waals surface area contributed by atoms with Crippen molar-refractivity contribution < 1.29 is 0 Å². The summed E-state index contributed by atoms with van der Waals surface area (Å²) >= 11 is 7.80. The van der Waals surface area contributed by atoms with E-state index in [4.69, 9.17) is 0 Å². The molecule has 0 bridgehead atoms. The minimum absolute atomic E-state index is 0. The highest BCUT2D eigenvalue weighted by Crippen LogP contribution is 2.48. The zero-order chi connectivity index (χ0) is 28.2. The Morgan fingerprint density at radius 1 is 0.833 bits per heavy atom. The maximum atomic E-state index is 2.57. The van der Waals surface area contributed by atoms with E-state index in [1.165, 1.54) is 87.6 Å². The van der Waals surface area contributed by atoms with Crippen LogP contribution in [0.4, 0.5) is 5.69 Å². The molecule has 0 N–H and O–H groups in total. The largest absolute Gasteiger partial charge is 0.335 e. The molecule has 5 aromatic rings. The molecule has 1 aromatic heterocycles. The molecule has 218 valence electrons. The summed E-state index contributed by atoms with van der Waals surface area (Å²) in [7, 11) is 0. The Morgan fingerprint density at radius 2 is 1.48 bits per heavy atom. The fraction of sp³-hybridized carbons (Fsp3) is 0.278. The average Bonchev–Trinajstić information content (AvgIpc) is 3.50. The maximum Gasteiger partial charge on any atom is 0.0804 e. The maximum absolute atomic E-state index is 2.57. The van der Waals surface area contributed by atoms with Crippen molar-refractivity contribution in [1.82, 2.24) is 0 Å². The van der Waals surface area contributed by atoms with E-state index in [0.29, 0.717) is 0 Å². The van der Waals surface area contributed by atoms with E-state index < -0.39 is 0 Å². The van der Waals surface area contributed by atoms with E-state index in [1.807, 2.05) is 46.6 Å². The van der Waals surface area contributed by atoms with Gasteiger partial charge in [0.2, 0.25) is 0 Å². The first-order chi connectivity index (χ1) is 20.2. The summed E-state index contributed by atoms with van der Waals surface area (Å²) in [6.07, 6.45) is 13.9. The number of halogens is 1. The summed E-state index contributed by atoms with van der Waals surface area (Å²) in [4.78, 5) is 5.38. The molecule has 0 fully saturated rings. The monoisotopic (exact) mass is 739 g/mol. The van der Waals surface area contributed by atoms with Crippen molar-refractivity contribution in [3.05, 3.63) is 99.9 Å². The Hall–Kier alpha value is -1.58. The Bertz CT molecular complexity index is 1750. The summed E-state index contributed by atoms with van der Waals surface area (Å²) in [5.41, 5.74) is 4.30. The Balaban J connectivity index is 0.00000353. The lowest BCUT2D eigenvalue weighted by molar-refractivity contribution is 0.881. The first-order valence-electron chi connectivity index (χ1n) is 14.5. The topological polar surface area (TPSA) is 3.24 Å². The summed E-state index contributed by atoms with van der Waals surface area (Å²) in [5, 5.41) is 8.12. The van der Waals surface area contributed by atoms with Gasteiger partial charge in [0.25, 0.3) is 0 Å². The van der Waals surface area contributed by atoms with Gasteiger partial charge in [0.05, 0.1) is 10.7 Å². The standard InChI is InChI=1S/C36H37NS4.HI/c1-4-25(19-33-30(15-9-17-38-2)31-21-26-11-5-7-13-28(26)23-34(31)40-33)20-36-37(16-10-18-39-3)32-22-27-12-6-8-14-29(27)24-35(32)41-36;/h5-8,11-14,19-24H,4,9-10,15-18H2,1-3H3;1H/b25-19-,36-20+;. The van der Waals surface area contributed by atoms with Crippen molar-refractivity contribution >= 4 is 114 Å². The number of thioether (sulfide) groups is 3. The molecule has 0 unspecified atom stereocenters. The Morgan fingerprint density at radius 3 is 2.17 bits per heavy atom. The summed E-state index contributed by atoms with van der Waals surface area (Å²) in [6, 6.07) is 27.2. The van der Waals surface area contributed by atoms with E-state index in [9.17, 15) is 0 Å². The summed E-state index contributed by atoms with van der Waals surface area (Å²) in [5.74, 6) is 2.39. The average molecular weight is 740 g/mol. The molecule has 4 aromatic carbocycles. The zero-order valence-corrected chi connectivity index (χ0v) is 30.1. The Labute approximate surface area is 284 Å². The van der Waals surface area contributed by atoms with Crippen LogP contribution in [-0.2, 0) is 6.42 Å². The van der Waals surface area contributed by atoms with E-state index in [0.717, 1.165) is 19.4 Å². The van der Waals surface area contributed by atoms with Gasteiger partial charge < -0.3 is 4.90 Å². The van der Waals surface area contributed by atoms with Gasteiger partial charge in [0.1, 0.15) is 0 Å². The van der Waals surface area contributed by atoms with Gasteiger partial charge in [0, 0.05) is 21.0 Å². The van der Waals surface area contributed by atoms with Gasteiger partial charge in [-0.1, -0.05) is 67.2 Å².